The molecule has 1 heterocycles. The predicted molar refractivity (Wildman–Crippen MR) is 64.9 cm³/mol. The van der Waals surface area contributed by atoms with Crippen molar-refractivity contribution >= 4 is 16.6 Å². The summed E-state index contributed by atoms with van der Waals surface area (Å²) < 4.78 is 1.50. The molecular weight excluding hydrogens is 218 g/mol. The van der Waals surface area contributed by atoms with Gasteiger partial charge in [0.25, 0.3) is 0 Å². The van der Waals surface area contributed by atoms with Crippen molar-refractivity contribution in [2.45, 2.75) is 19.9 Å². The van der Waals surface area contributed by atoms with Crippen molar-refractivity contribution in [3.05, 3.63) is 39.6 Å². The third-order valence-electron chi connectivity index (χ3n) is 2.67. The Labute approximate surface area is 97.6 Å². The molecule has 0 saturated heterocycles. The number of fused-ring (bicyclic) bond motifs is 1. The molecule has 0 fully saturated rings. The number of aryl methyl sites for hydroxylation is 1. The molecule has 5 heteroatoms. The second-order valence-electron chi connectivity index (χ2n) is 3.77. The van der Waals surface area contributed by atoms with Crippen molar-refractivity contribution in [3.8, 4) is 5.75 Å². The predicted octanol–water partition coefficient (Wildman–Crippen LogP) is 2.60. The van der Waals surface area contributed by atoms with Gasteiger partial charge in [-0.3, -0.25) is 4.79 Å². The van der Waals surface area contributed by atoms with Crippen LogP contribution in [0.15, 0.2) is 29.1 Å². The maximum absolute atomic E-state index is 12.0. The summed E-state index contributed by atoms with van der Waals surface area (Å²) in [7, 11) is 0. The number of pyridine rings is 1. The summed E-state index contributed by atoms with van der Waals surface area (Å²) in [6, 6.07) is 6.99. The first-order valence-corrected chi connectivity index (χ1v) is 5.40. The van der Waals surface area contributed by atoms with Gasteiger partial charge in [0, 0.05) is 11.9 Å². The Balaban J connectivity index is 2.97. The van der Waals surface area contributed by atoms with E-state index in [1.165, 1.54) is 4.57 Å². The molecule has 0 aliphatic heterocycles. The highest BCUT2D eigenvalue weighted by Gasteiger charge is 2.25. The van der Waals surface area contributed by atoms with Crippen LogP contribution in [0.25, 0.3) is 15.9 Å². The third-order valence-corrected chi connectivity index (χ3v) is 2.67. The van der Waals surface area contributed by atoms with Gasteiger partial charge >= 0.3 is 11.2 Å². The summed E-state index contributed by atoms with van der Waals surface area (Å²) in [5.41, 5.74) is -0.146. The number of rotatable bonds is 2. The zero-order valence-electron chi connectivity index (χ0n) is 9.42. The molecule has 17 heavy (non-hydrogen) atoms. The Kier molecular flexibility index (Phi) is 2.79. The Bertz CT molecular complexity index is 668. The van der Waals surface area contributed by atoms with E-state index in [-0.39, 0.29) is 11.4 Å². The molecule has 0 atom stereocenters. The van der Waals surface area contributed by atoms with Gasteiger partial charge in [0.05, 0.1) is 5.52 Å². The van der Waals surface area contributed by atoms with E-state index in [0.29, 0.717) is 17.4 Å². The first-order chi connectivity index (χ1) is 8.20. The van der Waals surface area contributed by atoms with E-state index < -0.39 is 5.56 Å². The normalized spacial score (nSPS) is 10.4. The van der Waals surface area contributed by atoms with Crippen LogP contribution in [0, 0.1) is 5.39 Å². The molecule has 1 aromatic carbocycles. The van der Waals surface area contributed by atoms with Crippen LogP contribution in [0.4, 0.5) is 5.69 Å². The average molecular weight is 230 g/mol. The zero-order chi connectivity index (χ0) is 12.4. The summed E-state index contributed by atoms with van der Waals surface area (Å²) in [5, 5.41) is 19.2. The number of nitrogens with zero attached hydrogens (tertiary/aromatic N) is 3. The van der Waals surface area contributed by atoms with Crippen molar-refractivity contribution < 1.29 is 5.11 Å². The summed E-state index contributed by atoms with van der Waals surface area (Å²) >= 11 is 0. The van der Waals surface area contributed by atoms with E-state index in [0.717, 1.165) is 6.42 Å². The van der Waals surface area contributed by atoms with Crippen LogP contribution in [0.2, 0.25) is 0 Å². The molecule has 0 amide bonds. The van der Waals surface area contributed by atoms with Gasteiger partial charge in [-0.25, -0.2) is 0 Å². The number of para-hydroxylation sites is 1. The molecule has 2 aromatic rings. The topological polar surface area (TPSA) is 70.4 Å². The molecule has 86 valence electrons. The van der Waals surface area contributed by atoms with Gasteiger partial charge in [0.15, 0.2) is 4.98 Å². The number of benzene rings is 1. The smallest absolute Gasteiger partial charge is 0.490 e. The maximum atomic E-state index is 12.0. The number of hydrogen-bond acceptors (Lipinski definition) is 3. The molecule has 0 aliphatic rings. The van der Waals surface area contributed by atoms with Gasteiger partial charge in [0.2, 0.25) is 11.1 Å². The zero-order valence-corrected chi connectivity index (χ0v) is 9.42. The highest BCUT2D eigenvalue weighted by molar-refractivity contribution is 5.90. The quantitative estimate of drug-likeness (QED) is 0.806. The third kappa shape index (κ3) is 1.64. The van der Waals surface area contributed by atoms with Crippen molar-refractivity contribution in [2.24, 2.45) is 0 Å². The summed E-state index contributed by atoms with van der Waals surface area (Å²) in [5.74, 6) is -0.277. The Morgan fingerprint density at radius 2 is 2.12 bits per heavy atom. The van der Waals surface area contributed by atoms with Crippen molar-refractivity contribution in [2.75, 3.05) is 0 Å². The van der Waals surface area contributed by atoms with Crippen molar-refractivity contribution in [1.82, 2.24) is 4.57 Å². The summed E-state index contributed by atoms with van der Waals surface area (Å²) in [6.45, 7) is 2.46. The molecule has 0 aliphatic carbocycles. The SMILES string of the molecule is CCCn1c(=O)c([N+]#N)c(O)c2ccccc21. The molecule has 0 radical (unpaired) electrons. The number of aromatic nitrogens is 1. The van der Waals surface area contributed by atoms with Gasteiger partial charge in [-0.2, -0.15) is 0 Å². The lowest BCUT2D eigenvalue weighted by atomic mass is 10.1. The van der Waals surface area contributed by atoms with Crippen molar-refractivity contribution in [3.63, 3.8) is 0 Å². The first kappa shape index (κ1) is 11.1. The molecule has 0 saturated carbocycles. The highest BCUT2D eigenvalue weighted by atomic mass is 16.3. The largest absolute Gasteiger partial charge is 0.501 e. The summed E-state index contributed by atoms with van der Waals surface area (Å²) in [6.07, 6.45) is 0.777. The van der Waals surface area contributed by atoms with Gasteiger partial charge in [-0.05, 0) is 18.6 Å². The number of diazo groups is 1. The lowest BCUT2D eigenvalue weighted by molar-refractivity contribution is 0.482. The number of aromatic hydroxyl groups is 1. The second-order valence-corrected chi connectivity index (χ2v) is 3.77. The van der Waals surface area contributed by atoms with Crippen LogP contribution in [0.5, 0.6) is 5.75 Å². The van der Waals surface area contributed by atoms with E-state index in [1.54, 1.807) is 24.3 Å². The van der Waals surface area contributed by atoms with E-state index in [9.17, 15) is 9.90 Å². The minimum atomic E-state index is -0.481. The van der Waals surface area contributed by atoms with Crippen LogP contribution in [0.3, 0.4) is 0 Å². The van der Waals surface area contributed by atoms with Gasteiger partial charge < -0.3 is 9.67 Å². The van der Waals surface area contributed by atoms with Crippen LogP contribution in [-0.2, 0) is 6.54 Å². The van der Waals surface area contributed by atoms with E-state index in [1.807, 2.05) is 6.92 Å². The lowest BCUT2D eigenvalue weighted by Gasteiger charge is -2.07. The van der Waals surface area contributed by atoms with Gasteiger partial charge in [0.1, 0.15) is 0 Å². The van der Waals surface area contributed by atoms with Gasteiger partial charge in [-0.15, -0.1) is 0 Å². The molecular formula is C12H12N3O2+. The molecule has 1 aromatic heterocycles. The molecule has 0 unspecified atom stereocenters. The van der Waals surface area contributed by atoms with Crippen molar-refractivity contribution in [1.29, 1.82) is 5.39 Å². The lowest BCUT2D eigenvalue weighted by Crippen LogP contribution is -2.19. The van der Waals surface area contributed by atoms with E-state index >= 15 is 0 Å². The maximum Gasteiger partial charge on any atom is 0.490 e. The highest BCUT2D eigenvalue weighted by Crippen LogP contribution is 2.31. The molecule has 0 bridgehead atoms. The Morgan fingerprint density at radius 1 is 1.41 bits per heavy atom. The van der Waals surface area contributed by atoms with Crippen LogP contribution < -0.4 is 5.56 Å². The van der Waals surface area contributed by atoms with E-state index in [2.05, 4.69) is 4.98 Å². The molecule has 1 N–H and O–H groups in total. The fraction of sp³-hybridized carbons (Fsp3) is 0.250. The minimum absolute atomic E-state index is 0.277. The second kappa shape index (κ2) is 4.26. The fourth-order valence-electron chi connectivity index (χ4n) is 1.91. The molecule has 5 nitrogen and oxygen atoms in total. The van der Waals surface area contributed by atoms with Crippen LogP contribution in [-0.4, -0.2) is 9.67 Å². The van der Waals surface area contributed by atoms with E-state index in [4.69, 9.17) is 5.39 Å². The standard InChI is InChI=1S/C12H11N3O2/c1-2-7-15-9-6-4-3-5-8(9)11(16)10(14-13)12(15)17/h3-6H,2,7H2,1H3/p+1. The monoisotopic (exact) mass is 230 g/mol. The fourth-order valence-corrected chi connectivity index (χ4v) is 1.91. The average Bonchev–Trinajstić information content (AvgIpc) is 2.35. The minimum Gasteiger partial charge on any atom is -0.501 e. The van der Waals surface area contributed by atoms with Gasteiger partial charge in [-0.1, -0.05) is 19.1 Å². The molecule has 2 rings (SSSR count). The Hall–Kier alpha value is -2.35. The van der Waals surface area contributed by atoms with Crippen LogP contribution >= 0.6 is 0 Å². The first-order valence-electron chi connectivity index (χ1n) is 5.40. The van der Waals surface area contributed by atoms with Crippen LogP contribution in [0.1, 0.15) is 13.3 Å². The Morgan fingerprint density at radius 3 is 2.76 bits per heavy atom. The number of hydrogen-bond donors (Lipinski definition) is 1. The summed E-state index contributed by atoms with van der Waals surface area (Å²) in [4.78, 5) is 14.9. The molecule has 0 spiro atoms.